The molecule has 100 valence electrons. The molecular formula is C11H21NO5. The highest BCUT2D eigenvalue weighted by molar-refractivity contribution is 5.87. The highest BCUT2D eigenvalue weighted by Crippen LogP contribution is 2.11. The van der Waals surface area contributed by atoms with E-state index < -0.39 is 18.3 Å². The van der Waals surface area contributed by atoms with Gasteiger partial charge < -0.3 is 9.84 Å². The van der Waals surface area contributed by atoms with Crippen molar-refractivity contribution in [2.75, 3.05) is 13.2 Å². The van der Waals surface area contributed by atoms with Crippen molar-refractivity contribution in [2.45, 2.75) is 40.0 Å². The zero-order chi connectivity index (χ0) is 13.4. The SMILES string of the molecule is C=C(C)C(=O)OC(C(C)O)N(OCC)OCC. The predicted octanol–water partition coefficient (Wildman–Crippen LogP) is 1.02. The van der Waals surface area contributed by atoms with Crippen molar-refractivity contribution in [3.05, 3.63) is 12.2 Å². The lowest BCUT2D eigenvalue weighted by molar-refractivity contribution is -0.424. The van der Waals surface area contributed by atoms with Crippen molar-refractivity contribution >= 4 is 5.97 Å². The Morgan fingerprint density at radius 1 is 1.35 bits per heavy atom. The number of carbonyl (C=O) groups is 1. The van der Waals surface area contributed by atoms with Crippen LogP contribution in [-0.2, 0) is 19.2 Å². The first-order valence-electron chi connectivity index (χ1n) is 5.53. The summed E-state index contributed by atoms with van der Waals surface area (Å²) < 4.78 is 5.03. The number of aliphatic hydroxyl groups excluding tert-OH is 1. The van der Waals surface area contributed by atoms with Crippen LogP contribution < -0.4 is 0 Å². The number of nitrogens with zero attached hydrogens (tertiary/aromatic N) is 1. The van der Waals surface area contributed by atoms with Gasteiger partial charge in [0.05, 0.1) is 13.2 Å². The molecule has 0 aliphatic heterocycles. The maximum Gasteiger partial charge on any atom is 0.334 e. The van der Waals surface area contributed by atoms with Gasteiger partial charge in [0.25, 0.3) is 0 Å². The van der Waals surface area contributed by atoms with E-state index in [1.54, 1.807) is 13.8 Å². The van der Waals surface area contributed by atoms with Gasteiger partial charge in [-0.3, -0.25) is 9.68 Å². The van der Waals surface area contributed by atoms with Gasteiger partial charge in [-0.1, -0.05) is 6.58 Å². The lowest BCUT2D eigenvalue weighted by atomic mass is 10.3. The van der Waals surface area contributed by atoms with E-state index in [0.29, 0.717) is 13.2 Å². The molecule has 0 aliphatic rings. The van der Waals surface area contributed by atoms with Crippen LogP contribution in [0.5, 0.6) is 0 Å². The monoisotopic (exact) mass is 247 g/mol. The number of aliphatic hydroxyl groups is 1. The van der Waals surface area contributed by atoms with Crippen molar-refractivity contribution in [3.63, 3.8) is 0 Å². The molecule has 6 nitrogen and oxygen atoms in total. The maximum absolute atomic E-state index is 11.4. The van der Waals surface area contributed by atoms with E-state index in [2.05, 4.69) is 6.58 Å². The van der Waals surface area contributed by atoms with Crippen molar-refractivity contribution in [2.24, 2.45) is 0 Å². The Labute approximate surface area is 102 Å². The quantitative estimate of drug-likeness (QED) is 0.299. The van der Waals surface area contributed by atoms with Crippen LogP contribution in [0.15, 0.2) is 12.2 Å². The number of carbonyl (C=O) groups excluding carboxylic acids is 1. The summed E-state index contributed by atoms with van der Waals surface area (Å²) >= 11 is 0. The van der Waals surface area contributed by atoms with E-state index >= 15 is 0 Å². The van der Waals surface area contributed by atoms with Crippen LogP contribution in [0.1, 0.15) is 27.7 Å². The van der Waals surface area contributed by atoms with Crippen LogP contribution in [-0.4, -0.2) is 41.8 Å². The van der Waals surface area contributed by atoms with E-state index in [-0.39, 0.29) is 5.57 Å². The summed E-state index contributed by atoms with van der Waals surface area (Å²) in [6, 6.07) is 0. The number of hydrogen-bond acceptors (Lipinski definition) is 6. The van der Waals surface area contributed by atoms with Crippen molar-refractivity contribution in [3.8, 4) is 0 Å². The van der Waals surface area contributed by atoms with Crippen LogP contribution in [0.2, 0.25) is 0 Å². The Kier molecular flexibility index (Phi) is 7.73. The first kappa shape index (κ1) is 16.1. The molecule has 0 aromatic carbocycles. The van der Waals surface area contributed by atoms with Gasteiger partial charge >= 0.3 is 5.97 Å². The zero-order valence-electron chi connectivity index (χ0n) is 10.8. The van der Waals surface area contributed by atoms with E-state index in [1.807, 2.05) is 0 Å². The number of ether oxygens (including phenoxy) is 1. The minimum atomic E-state index is -1.03. The third-order valence-corrected chi connectivity index (χ3v) is 1.71. The molecule has 0 saturated carbocycles. The van der Waals surface area contributed by atoms with Gasteiger partial charge in [-0.05, 0) is 32.9 Å². The zero-order valence-corrected chi connectivity index (χ0v) is 10.8. The molecule has 2 atom stereocenters. The Morgan fingerprint density at radius 2 is 1.82 bits per heavy atom. The molecule has 0 aromatic rings. The molecule has 17 heavy (non-hydrogen) atoms. The van der Waals surface area contributed by atoms with Gasteiger partial charge in [-0.2, -0.15) is 0 Å². The molecule has 6 heteroatoms. The van der Waals surface area contributed by atoms with Crippen molar-refractivity contribution < 1.29 is 24.3 Å². The maximum atomic E-state index is 11.4. The summed E-state index contributed by atoms with van der Waals surface area (Å²) in [5.41, 5.74) is 0.239. The Morgan fingerprint density at radius 3 is 2.12 bits per heavy atom. The Bertz CT molecular complexity index is 248. The minimum absolute atomic E-state index is 0.239. The fourth-order valence-corrected chi connectivity index (χ4v) is 0.967. The summed E-state index contributed by atoms with van der Waals surface area (Å²) in [7, 11) is 0. The second kappa shape index (κ2) is 8.19. The molecule has 1 N–H and O–H groups in total. The average Bonchev–Trinajstić information content (AvgIpc) is 2.24. The highest BCUT2D eigenvalue weighted by atomic mass is 17.0. The standard InChI is InChI=1S/C11H21NO5/c1-6-15-12(16-7-2)10(9(5)13)17-11(14)8(3)4/h9-10,13H,3,6-7H2,1-2,4-5H3. The lowest BCUT2D eigenvalue weighted by Crippen LogP contribution is -2.45. The van der Waals surface area contributed by atoms with Gasteiger partial charge in [0.1, 0.15) is 6.10 Å². The van der Waals surface area contributed by atoms with E-state index in [9.17, 15) is 9.90 Å². The van der Waals surface area contributed by atoms with Crippen molar-refractivity contribution in [1.29, 1.82) is 0 Å². The molecule has 2 unspecified atom stereocenters. The average molecular weight is 247 g/mol. The number of hydrogen-bond donors (Lipinski definition) is 1. The molecule has 0 saturated heterocycles. The van der Waals surface area contributed by atoms with Gasteiger partial charge in [0.2, 0.25) is 6.23 Å². The van der Waals surface area contributed by atoms with Crippen LogP contribution >= 0.6 is 0 Å². The van der Waals surface area contributed by atoms with Crippen LogP contribution in [0, 0.1) is 0 Å². The summed E-state index contributed by atoms with van der Waals surface area (Å²) in [6.45, 7) is 10.6. The molecule has 0 bridgehead atoms. The summed E-state index contributed by atoms with van der Waals surface area (Å²) in [5, 5.41) is 10.5. The Balaban J connectivity index is 4.66. The Hall–Kier alpha value is -0.950. The van der Waals surface area contributed by atoms with E-state index in [1.165, 1.54) is 13.8 Å². The number of rotatable bonds is 8. The number of hydroxylamine groups is 2. The summed E-state index contributed by atoms with van der Waals surface area (Å²) in [5.74, 6) is -0.611. The van der Waals surface area contributed by atoms with E-state index in [0.717, 1.165) is 5.23 Å². The van der Waals surface area contributed by atoms with Crippen LogP contribution in [0.4, 0.5) is 0 Å². The summed E-state index contributed by atoms with van der Waals surface area (Å²) in [6.07, 6.45) is -1.99. The first-order chi connectivity index (χ1) is 7.93. The van der Waals surface area contributed by atoms with Crippen LogP contribution in [0.25, 0.3) is 0 Å². The summed E-state index contributed by atoms with van der Waals surface area (Å²) in [4.78, 5) is 21.7. The fourth-order valence-electron chi connectivity index (χ4n) is 0.967. The van der Waals surface area contributed by atoms with E-state index in [4.69, 9.17) is 14.4 Å². The second-order valence-corrected chi connectivity index (χ2v) is 3.44. The van der Waals surface area contributed by atoms with Crippen molar-refractivity contribution in [1.82, 2.24) is 5.23 Å². The minimum Gasteiger partial charge on any atom is -0.435 e. The fraction of sp³-hybridized carbons (Fsp3) is 0.727. The molecule has 0 heterocycles. The number of esters is 1. The predicted molar refractivity (Wildman–Crippen MR) is 61.5 cm³/mol. The molecule has 0 spiro atoms. The molecule has 0 fully saturated rings. The highest BCUT2D eigenvalue weighted by Gasteiger charge is 2.29. The molecule has 0 radical (unpaired) electrons. The van der Waals surface area contributed by atoms with Gasteiger partial charge in [0, 0.05) is 5.57 Å². The van der Waals surface area contributed by atoms with Gasteiger partial charge in [0.15, 0.2) is 0 Å². The molecule has 0 amide bonds. The van der Waals surface area contributed by atoms with Gasteiger partial charge in [-0.25, -0.2) is 4.79 Å². The molecule has 0 aliphatic carbocycles. The third kappa shape index (κ3) is 5.78. The molecule has 0 aromatic heterocycles. The normalized spacial score (nSPS) is 14.5. The molecular weight excluding hydrogens is 226 g/mol. The lowest BCUT2D eigenvalue weighted by Gasteiger charge is -2.29. The molecule has 0 rings (SSSR count). The largest absolute Gasteiger partial charge is 0.435 e. The van der Waals surface area contributed by atoms with Crippen LogP contribution in [0.3, 0.4) is 0 Å². The third-order valence-electron chi connectivity index (χ3n) is 1.71. The second-order valence-electron chi connectivity index (χ2n) is 3.44. The van der Waals surface area contributed by atoms with Gasteiger partial charge in [-0.15, -0.1) is 0 Å². The smallest absolute Gasteiger partial charge is 0.334 e. The topological polar surface area (TPSA) is 68.2 Å². The first-order valence-corrected chi connectivity index (χ1v) is 5.53.